The van der Waals surface area contributed by atoms with Crippen LogP contribution < -0.4 is 10.2 Å². The van der Waals surface area contributed by atoms with E-state index in [0.717, 1.165) is 29.5 Å². The van der Waals surface area contributed by atoms with E-state index in [0.29, 0.717) is 6.42 Å². The SMILES string of the molecule is CC1CC(=O)NN=C1c1cc2cc(OCCN3CCCCC3)ccc2s1.Cl. The van der Waals surface area contributed by atoms with Gasteiger partial charge in [0.2, 0.25) is 5.91 Å². The van der Waals surface area contributed by atoms with Crippen LogP contribution in [0.3, 0.4) is 0 Å². The number of thiophene rings is 1. The Hall–Kier alpha value is -1.63. The second-order valence-electron chi connectivity index (χ2n) is 7.20. The number of hydrogen-bond donors (Lipinski definition) is 1. The molecule has 1 saturated heterocycles. The highest BCUT2D eigenvalue weighted by Gasteiger charge is 2.23. The Bertz CT molecular complexity index is 830. The van der Waals surface area contributed by atoms with E-state index < -0.39 is 0 Å². The number of rotatable bonds is 5. The van der Waals surface area contributed by atoms with Gasteiger partial charge in [-0.1, -0.05) is 13.3 Å². The highest BCUT2D eigenvalue weighted by atomic mass is 35.5. The van der Waals surface area contributed by atoms with Gasteiger partial charge in [0, 0.05) is 23.6 Å². The molecule has 1 N–H and O–H groups in total. The van der Waals surface area contributed by atoms with Crippen molar-refractivity contribution in [2.24, 2.45) is 11.0 Å². The van der Waals surface area contributed by atoms with E-state index in [1.807, 2.05) is 6.07 Å². The number of halogens is 1. The molecule has 2 aliphatic rings. The van der Waals surface area contributed by atoms with Crippen molar-refractivity contribution >= 4 is 45.4 Å². The van der Waals surface area contributed by atoms with Crippen LogP contribution in [0.15, 0.2) is 29.4 Å². The fraction of sp³-hybridized carbons (Fsp3) is 0.500. The lowest BCUT2D eigenvalue weighted by molar-refractivity contribution is -0.121. The molecule has 2 aromatic rings. The van der Waals surface area contributed by atoms with Crippen LogP contribution in [0.1, 0.15) is 37.5 Å². The molecule has 0 spiro atoms. The number of carbonyl (C=O) groups is 1. The van der Waals surface area contributed by atoms with Crippen LogP contribution in [0.5, 0.6) is 5.75 Å². The molecule has 1 aromatic carbocycles. The van der Waals surface area contributed by atoms with E-state index in [9.17, 15) is 4.79 Å². The molecule has 146 valence electrons. The Labute approximate surface area is 170 Å². The molecule has 2 aliphatic heterocycles. The lowest BCUT2D eigenvalue weighted by atomic mass is 9.99. The van der Waals surface area contributed by atoms with Gasteiger partial charge in [-0.25, -0.2) is 5.43 Å². The lowest BCUT2D eigenvalue weighted by Crippen LogP contribution is -2.33. The normalized spacial score (nSPS) is 20.7. The molecule has 3 heterocycles. The molecule has 0 aliphatic carbocycles. The molecule has 1 amide bonds. The topological polar surface area (TPSA) is 53.9 Å². The number of hydrogen-bond acceptors (Lipinski definition) is 5. The highest BCUT2D eigenvalue weighted by molar-refractivity contribution is 7.20. The van der Waals surface area contributed by atoms with Crippen LogP contribution in [0.25, 0.3) is 10.1 Å². The molecule has 7 heteroatoms. The summed E-state index contributed by atoms with van der Waals surface area (Å²) in [6, 6.07) is 8.43. The maximum Gasteiger partial charge on any atom is 0.240 e. The summed E-state index contributed by atoms with van der Waals surface area (Å²) in [6.07, 6.45) is 4.48. The lowest BCUT2D eigenvalue weighted by Gasteiger charge is -2.26. The minimum absolute atomic E-state index is 0. The first-order valence-electron chi connectivity index (χ1n) is 9.44. The van der Waals surface area contributed by atoms with Crippen molar-refractivity contribution in [1.29, 1.82) is 0 Å². The standard InChI is InChI=1S/C20H25N3O2S.ClH/c1-14-11-19(24)21-22-20(14)18-13-15-12-16(5-6-17(15)26-18)25-10-9-23-7-3-2-4-8-23;/h5-6,12-14H,2-4,7-11H2,1H3,(H,21,24);1H. The van der Waals surface area contributed by atoms with Gasteiger partial charge in [-0.05, 0) is 55.6 Å². The van der Waals surface area contributed by atoms with Gasteiger partial charge in [0.05, 0.1) is 10.6 Å². The number of piperidine rings is 1. The molecular weight excluding hydrogens is 382 g/mol. The van der Waals surface area contributed by atoms with Crippen molar-refractivity contribution in [2.45, 2.75) is 32.6 Å². The molecule has 1 aromatic heterocycles. The zero-order chi connectivity index (χ0) is 17.9. The monoisotopic (exact) mass is 407 g/mol. The van der Waals surface area contributed by atoms with E-state index in [2.05, 4.69) is 40.5 Å². The van der Waals surface area contributed by atoms with E-state index in [1.54, 1.807) is 11.3 Å². The maximum atomic E-state index is 11.4. The fourth-order valence-electron chi connectivity index (χ4n) is 3.66. The summed E-state index contributed by atoms with van der Waals surface area (Å²) in [4.78, 5) is 15.1. The highest BCUT2D eigenvalue weighted by Crippen LogP contribution is 2.31. The Balaban J connectivity index is 0.00000210. The van der Waals surface area contributed by atoms with Crippen LogP contribution in [0.2, 0.25) is 0 Å². The van der Waals surface area contributed by atoms with E-state index in [4.69, 9.17) is 4.74 Å². The molecule has 1 unspecified atom stereocenters. The molecule has 0 radical (unpaired) electrons. The largest absolute Gasteiger partial charge is 0.492 e. The van der Waals surface area contributed by atoms with Crippen LogP contribution >= 0.6 is 23.7 Å². The summed E-state index contributed by atoms with van der Waals surface area (Å²) >= 11 is 1.72. The third kappa shape index (κ3) is 4.81. The third-order valence-electron chi connectivity index (χ3n) is 5.12. The molecule has 0 bridgehead atoms. The van der Waals surface area contributed by atoms with Crippen molar-refractivity contribution in [3.8, 4) is 5.75 Å². The molecule has 5 nitrogen and oxygen atoms in total. The van der Waals surface area contributed by atoms with Gasteiger partial charge in [0.1, 0.15) is 12.4 Å². The van der Waals surface area contributed by atoms with Gasteiger partial charge in [0.15, 0.2) is 0 Å². The fourth-order valence-corrected chi connectivity index (χ4v) is 4.81. The molecule has 4 rings (SSSR count). The summed E-state index contributed by atoms with van der Waals surface area (Å²) in [5.41, 5.74) is 3.57. The van der Waals surface area contributed by atoms with Crippen molar-refractivity contribution in [3.63, 3.8) is 0 Å². The summed E-state index contributed by atoms with van der Waals surface area (Å²) in [7, 11) is 0. The average molecular weight is 408 g/mol. The molecular formula is C20H26ClN3O2S. The second-order valence-corrected chi connectivity index (χ2v) is 8.28. The molecule has 0 saturated carbocycles. The zero-order valence-electron chi connectivity index (χ0n) is 15.6. The number of benzene rings is 1. The summed E-state index contributed by atoms with van der Waals surface area (Å²) in [6.45, 7) is 6.19. The molecule has 27 heavy (non-hydrogen) atoms. The molecule has 1 fully saturated rings. The number of nitrogens with zero attached hydrogens (tertiary/aromatic N) is 2. The Morgan fingerprint density at radius 1 is 1.26 bits per heavy atom. The molecule has 1 atom stereocenters. The van der Waals surface area contributed by atoms with Crippen molar-refractivity contribution in [2.75, 3.05) is 26.2 Å². The Morgan fingerprint density at radius 3 is 2.85 bits per heavy atom. The minimum atomic E-state index is -0.00764. The quantitative estimate of drug-likeness (QED) is 0.813. The number of fused-ring (bicyclic) bond motifs is 1. The van der Waals surface area contributed by atoms with E-state index in [-0.39, 0.29) is 24.2 Å². The second kappa shape index (κ2) is 9.04. The predicted molar refractivity (Wildman–Crippen MR) is 113 cm³/mol. The Morgan fingerprint density at radius 2 is 2.07 bits per heavy atom. The predicted octanol–water partition coefficient (Wildman–Crippen LogP) is 4.05. The average Bonchev–Trinajstić information content (AvgIpc) is 3.05. The van der Waals surface area contributed by atoms with Gasteiger partial charge >= 0.3 is 0 Å². The number of hydrazone groups is 1. The first-order valence-corrected chi connectivity index (χ1v) is 10.3. The number of ether oxygens (including phenoxy) is 1. The van der Waals surface area contributed by atoms with Crippen molar-refractivity contribution in [3.05, 3.63) is 29.1 Å². The van der Waals surface area contributed by atoms with Gasteiger partial charge < -0.3 is 4.74 Å². The van der Waals surface area contributed by atoms with Crippen LogP contribution in [0, 0.1) is 5.92 Å². The van der Waals surface area contributed by atoms with E-state index in [1.165, 1.54) is 42.4 Å². The zero-order valence-corrected chi connectivity index (χ0v) is 17.2. The number of carbonyl (C=O) groups excluding carboxylic acids is 1. The first-order chi connectivity index (χ1) is 12.7. The van der Waals surface area contributed by atoms with Crippen molar-refractivity contribution < 1.29 is 9.53 Å². The van der Waals surface area contributed by atoms with Crippen LogP contribution in [-0.4, -0.2) is 42.8 Å². The van der Waals surface area contributed by atoms with Gasteiger partial charge in [-0.15, -0.1) is 23.7 Å². The smallest absolute Gasteiger partial charge is 0.240 e. The maximum absolute atomic E-state index is 11.4. The third-order valence-corrected chi connectivity index (χ3v) is 6.26. The van der Waals surface area contributed by atoms with Crippen LogP contribution in [-0.2, 0) is 4.79 Å². The number of nitrogens with one attached hydrogen (secondary N) is 1. The van der Waals surface area contributed by atoms with Crippen molar-refractivity contribution in [1.82, 2.24) is 10.3 Å². The van der Waals surface area contributed by atoms with Gasteiger partial charge in [-0.2, -0.15) is 5.10 Å². The summed E-state index contributed by atoms with van der Waals surface area (Å²) < 4.78 is 7.20. The Kier molecular flexibility index (Phi) is 6.73. The van der Waals surface area contributed by atoms with E-state index >= 15 is 0 Å². The first kappa shape index (κ1) is 20.1. The summed E-state index contributed by atoms with van der Waals surface area (Å²) in [5, 5.41) is 5.44. The van der Waals surface area contributed by atoms with Crippen LogP contribution in [0.4, 0.5) is 0 Å². The number of amides is 1. The van der Waals surface area contributed by atoms with Gasteiger partial charge in [0.25, 0.3) is 0 Å². The minimum Gasteiger partial charge on any atom is -0.492 e. The van der Waals surface area contributed by atoms with Gasteiger partial charge in [-0.3, -0.25) is 9.69 Å². The number of likely N-dealkylation sites (tertiary alicyclic amines) is 1. The summed E-state index contributed by atoms with van der Waals surface area (Å²) in [5.74, 6) is 1.06.